The van der Waals surface area contributed by atoms with E-state index in [1.54, 1.807) is 24.3 Å². The average Bonchev–Trinajstić information content (AvgIpc) is 2.68. The summed E-state index contributed by atoms with van der Waals surface area (Å²) in [5.41, 5.74) is 2.07. The first kappa shape index (κ1) is 19.2. The minimum Gasteiger partial charge on any atom is -0.467 e. The van der Waals surface area contributed by atoms with Gasteiger partial charge in [-0.25, -0.2) is 4.79 Å². The van der Waals surface area contributed by atoms with E-state index in [4.69, 9.17) is 14.7 Å². The number of nitrogens with one attached hydrogen (secondary N) is 1. The lowest BCUT2D eigenvalue weighted by Crippen LogP contribution is -2.44. The standard InChI is InChI=1S/C20H20N2O4/c1-25-20(24)18(11-16-9-5-6-10-17(16)12-21)22-19(23)14-26-13-15-7-3-2-4-8-15/h2-10,18H,11,13-14H2,1H3,(H,22,23)/t18-/m0/s1. The third-order valence-electron chi connectivity index (χ3n) is 3.73. The van der Waals surface area contributed by atoms with Gasteiger partial charge in [0.1, 0.15) is 12.6 Å². The minimum atomic E-state index is -0.887. The SMILES string of the molecule is COC(=O)[C@H](Cc1ccccc1C#N)NC(=O)COCc1ccccc1. The van der Waals surface area contributed by atoms with Crippen molar-refractivity contribution >= 4 is 11.9 Å². The van der Waals surface area contributed by atoms with Crippen LogP contribution in [-0.2, 0) is 32.1 Å². The molecule has 0 saturated carbocycles. The second-order valence-electron chi connectivity index (χ2n) is 5.59. The van der Waals surface area contributed by atoms with Crippen LogP contribution in [-0.4, -0.2) is 31.6 Å². The fourth-order valence-corrected chi connectivity index (χ4v) is 2.43. The van der Waals surface area contributed by atoms with Crippen LogP contribution in [0.4, 0.5) is 0 Å². The summed E-state index contributed by atoms with van der Waals surface area (Å²) in [6.07, 6.45) is 0.167. The number of carbonyl (C=O) groups is 2. The largest absolute Gasteiger partial charge is 0.467 e. The van der Waals surface area contributed by atoms with Crippen molar-refractivity contribution in [1.82, 2.24) is 5.32 Å². The van der Waals surface area contributed by atoms with Crippen LogP contribution in [0.1, 0.15) is 16.7 Å². The van der Waals surface area contributed by atoms with E-state index in [0.717, 1.165) is 5.56 Å². The molecule has 2 rings (SSSR count). The quantitative estimate of drug-likeness (QED) is 0.734. The number of esters is 1. The van der Waals surface area contributed by atoms with Crippen molar-refractivity contribution in [3.8, 4) is 6.07 Å². The maximum Gasteiger partial charge on any atom is 0.328 e. The molecule has 6 heteroatoms. The Balaban J connectivity index is 1.93. The second kappa shape index (κ2) is 9.97. The van der Waals surface area contributed by atoms with Gasteiger partial charge in [-0.05, 0) is 17.2 Å². The number of hydrogen-bond acceptors (Lipinski definition) is 5. The van der Waals surface area contributed by atoms with Crippen LogP contribution in [0.5, 0.6) is 0 Å². The lowest BCUT2D eigenvalue weighted by molar-refractivity contribution is -0.145. The van der Waals surface area contributed by atoms with E-state index in [0.29, 0.717) is 17.7 Å². The van der Waals surface area contributed by atoms with Crippen molar-refractivity contribution in [3.05, 3.63) is 71.3 Å². The zero-order valence-corrected chi connectivity index (χ0v) is 14.5. The number of ether oxygens (including phenoxy) is 2. The molecule has 0 heterocycles. The molecule has 1 atom stereocenters. The van der Waals surface area contributed by atoms with Gasteiger partial charge in [0, 0.05) is 6.42 Å². The van der Waals surface area contributed by atoms with Crippen molar-refractivity contribution in [2.24, 2.45) is 0 Å². The van der Waals surface area contributed by atoms with Crippen LogP contribution < -0.4 is 5.32 Å². The molecule has 0 spiro atoms. The number of nitrogens with zero attached hydrogens (tertiary/aromatic N) is 1. The predicted molar refractivity (Wildman–Crippen MR) is 94.9 cm³/mol. The van der Waals surface area contributed by atoms with Gasteiger partial charge in [-0.2, -0.15) is 5.26 Å². The molecule has 0 aliphatic carbocycles. The summed E-state index contributed by atoms with van der Waals surface area (Å²) in [6, 6.07) is 17.6. The Hall–Kier alpha value is -3.17. The summed E-state index contributed by atoms with van der Waals surface area (Å²) >= 11 is 0. The Morgan fingerprint density at radius 2 is 1.81 bits per heavy atom. The Morgan fingerprint density at radius 1 is 1.12 bits per heavy atom. The molecule has 0 radical (unpaired) electrons. The Labute approximate surface area is 152 Å². The molecule has 26 heavy (non-hydrogen) atoms. The van der Waals surface area contributed by atoms with E-state index in [1.165, 1.54) is 7.11 Å². The molecule has 1 N–H and O–H groups in total. The molecule has 0 aliphatic heterocycles. The Kier molecular flexibility index (Phi) is 7.34. The lowest BCUT2D eigenvalue weighted by atomic mass is 10.0. The van der Waals surface area contributed by atoms with Gasteiger partial charge < -0.3 is 14.8 Å². The van der Waals surface area contributed by atoms with Crippen LogP contribution in [0, 0.1) is 11.3 Å². The van der Waals surface area contributed by atoms with Crippen LogP contribution in [0.3, 0.4) is 0 Å². The van der Waals surface area contributed by atoms with Crippen molar-refractivity contribution in [3.63, 3.8) is 0 Å². The monoisotopic (exact) mass is 352 g/mol. The van der Waals surface area contributed by atoms with Gasteiger partial charge in [-0.3, -0.25) is 4.79 Å². The third kappa shape index (κ3) is 5.72. The van der Waals surface area contributed by atoms with Crippen LogP contribution in [0.25, 0.3) is 0 Å². The summed E-state index contributed by atoms with van der Waals surface area (Å²) in [6.45, 7) is 0.122. The summed E-state index contributed by atoms with van der Waals surface area (Å²) in [4.78, 5) is 24.1. The molecule has 2 aromatic carbocycles. The smallest absolute Gasteiger partial charge is 0.328 e. The number of amides is 1. The molecule has 6 nitrogen and oxygen atoms in total. The molecule has 0 bridgehead atoms. The maximum absolute atomic E-state index is 12.1. The van der Waals surface area contributed by atoms with Gasteiger partial charge in [0.25, 0.3) is 0 Å². The summed E-state index contributed by atoms with van der Waals surface area (Å²) < 4.78 is 10.1. The van der Waals surface area contributed by atoms with Gasteiger partial charge in [0.05, 0.1) is 25.3 Å². The van der Waals surface area contributed by atoms with Crippen molar-refractivity contribution < 1.29 is 19.1 Å². The van der Waals surface area contributed by atoms with Gasteiger partial charge in [-0.1, -0.05) is 48.5 Å². The van der Waals surface area contributed by atoms with E-state index in [2.05, 4.69) is 11.4 Å². The minimum absolute atomic E-state index is 0.167. The maximum atomic E-state index is 12.1. The molecular formula is C20H20N2O4. The molecule has 0 aliphatic rings. The zero-order chi connectivity index (χ0) is 18.8. The number of carbonyl (C=O) groups excluding carboxylic acids is 2. The zero-order valence-electron chi connectivity index (χ0n) is 14.5. The average molecular weight is 352 g/mol. The van der Waals surface area contributed by atoms with E-state index in [1.807, 2.05) is 30.3 Å². The summed E-state index contributed by atoms with van der Waals surface area (Å²) in [7, 11) is 1.25. The number of hydrogen-bond donors (Lipinski definition) is 1. The van der Waals surface area contributed by atoms with Crippen molar-refractivity contribution in [1.29, 1.82) is 5.26 Å². The lowest BCUT2D eigenvalue weighted by Gasteiger charge is -2.17. The first-order valence-corrected chi connectivity index (χ1v) is 8.11. The number of rotatable bonds is 8. The highest BCUT2D eigenvalue weighted by molar-refractivity contribution is 5.85. The van der Waals surface area contributed by atoms with E-state index in [9.17, 15) is 9.59 Å². The fourth-order valence-electron chi connectivity index (χ4n) is 2.43. The molecular weight excluding hydrogens is 332 g/mol. The first-order chi connectivity index (χ1) is 12.6. The summed E-state index contributed by atoms with van der Waals surface area (Å²) in [5, 5.41) is 11.8. The van der Waals surface area contributed by atoms with Crippen molar-refractivity contribution in [2.45, 2.75) is 19.1 Å². The van der Waals surface area contributed by atoms with Gasteiger partial charge in [0.15, 0.2) is 0 Å². The van der Waals surface area contributed by atoms with Gasteiger partial charge in [0.2, 0.25) is 5.91 Å². The van der Waals surface area contributed by atoms with Crippen LogP contribution in [0.15, 0.2) is 54.6 Å². The second-order valence-corrected chi connectivity index (χ2v) is 5.59. The molecule has 0 fully saturated rings. The number of methoxy groups -OCH3 is 1. The van der Waals surface area contributed by atoms with Gasteiger partial charge >= 0.3 is 5.97 Å². The van der Waals surface area contributed by atoms with E-state index >= 15 is 0 Å². The molecule has 1 amide bonds. The van der Waals surface area contributed by atoms with E-state index in [-0.39, 0.29) is 13.0 Å². The molecule has 2 aromatic rings. The third-order valence-corrected chi connectivity index (χ3v) is 3.73. The fraction of sp³-hybridized carbons (Fsp3) is 0.250. The highest BCUT2D eigenvalue weighted by Gasteiger charge is 2.23. The van der Waals surface area contributed by atoms with E-state index < -0.39 is 17.9 Å². The normalized spacial score (nSPS) is 11.2. The predicted octanol–water partition coefficient (Wildman–Crippen LogP) is 1.98. The van der Waals surface area contributed by atoms with Gasteiger partial charge in [-0.15, -0.1) is 0 Å². The van der Waals surface area contributed by atoms with Crippen LogP contribution in [0.2, 0.25) is 0 Å². The highest BCUT2D eigenvalue weighted by Crippen LogP contribution is 2.11. The Morgan fingerprint density at radius 3 is 2.50 bits per heavy atom. The van der Waals surface area contributed by atoms with Crippen LogP contribution >= 0.6 is 0 Å². The topological polar surface area (TPSA) is 88.4 Å². The first-order valence-electron chi connectivity index (χ1n) is 8.11. The number of benzene rings is 2. The highest BCUT2D eigenvalue weighted by atomic mass is 16.5. The summed E-state index contributed by atoms with van der Waals surface area (Å²) in [5.74, 6) is -1.00. The molecule has 134 valence electrons. The molecule has 0 saturated heterocycles. The van der Waals surface area contributed by atoms with Crippen molar-refractivity contribution in [2.75, 3.05) is 13.7 Å². The number of nitriles is 1. The molecule has 0 unspecified atom stereocenters. The molecule has 0 aromatic heterocycles. The Bertz CT molecular complexity index is 784.